The molecule has 1 aromatic heterocycles. The maximum atomic E-state index is 5.74. The first-order chi connectivity index (χ1) is 9.79. The molecule has 3 heteroatoms. The van der Waals surface area contributed by atoms with E-state index in [1.807, 2.05) is 43.3 Å². The van der Waals surface area contributed by atoms with Crippen LogP contribution in [0.25, 0.3) is 11.4 Å². The molecular weight excluding hydrogens is 248 g/mol. The Balaban J connectivity index is 2.02. The van der Waals surface area contributed by atoms with Crippen LogP contribution in [0, 0.1) is 6.92 Å². The molecule has 0 atom stereocenters. The van der Waals surface area contributed by atoms with Crippen LogP contribution in [-0.2, 0) is 0 Å². The van der Waals surface area contributed by atoms with E-state index in [1.54, 1.807) is 0 Å². The Morgan fingerprint density at radius 2 is 1.80 bits per heavy atom. The van der Waals surface area contributed by atoms with Gasteiger partial charge in [-0.2, -0.15) is 4.98 Å². The van der Waals surface area contributed by atoms with Gasteiger partial charge in [0.2, 0.25) is 5.88 Å². The number of aromatic nitrogens is 2. The van der Waals surface area contributed by atoms with Gasteiger partial charge < -0.3 is 4.74 Å². The third-order valence-corrected chi connectivity index (χ3v) is 3.11. The van der Waals surface area contributed by atoms with Crippen molar-refractivity contribution in [1.82, 2.24) is 9.97 Å². The molecule has 0 aliphatic rings. The van der Waals surface area contributed by atoms with Crippen molar-refractivity contribution >= 4 is 0 Å². The maximum Gasteiger partial charge on any atom is 0.217 e. The summed E-state index contributed by atoms with van der Waals surface area (Å²) in [5.74, 6) is 1.40. The van der Waals surface area contributed by atoms with Gasteiger partial charge in [-0.05, 0) is 13.3 Å². The van der Waals surface area contributed by atoms with Crippen molar-refractivity contribution in [2.45, 2.75) is 39.5 Å². The Labute approximate surface area is 121 Å². The third kappa shape index (κ3) is 4.34. The quantitative estimate of drug-likeness (QED) is 0.699. The van der Waals surface area contributed by atoms with Crippen LogP contribution >= 0.6 is 0 Å². The van der Waals surface area contributed by atoms with Gasteiger partial charge in [-0.25, -0.2) is 4.98 Å². The molecule has 0 saturated carbocycles. The van der Waals surface area contributed by atoms with E-state index in [4.69, 9.17) is 4.74 Å². The van der Waals surface area contributed by atoms with Gasteiger partial charge in [-0.1, -0.05) is 56.5 Å². The van der Waals surface area contributed by atoms with Crippen LogP contribution in [0.15, 0.2) is 36.4 Å². The molecule has 106 valence electrons. The highest BCUT2D eigenvalue weighted by atomic mass is 16.5. The highest BCUT2D eigenvalue weighted by molar-refractivity contribution is 5.55. The van der Waals surface area contributed by atoms with Crippen molar-refractivity contribution in [2.24, 2.45) is 0 Å². The molecule has 0 amide bonds. The van der Waals surface area contributed by atoms with E-state index in [-0.39, 0.29) is 0 Å². The van der Waals surface area contributed by atoms with Crippen LogP contribution in [0.3, 0.4) is 0 Å². The summed E-state index contributed by atoms with van der Waals surface area (Å²) in [6.07, 6.45) is 4.80. The Morgan fingerprint density at radius 1 is 1.00 bits per heavy atom. The molecule has 0 bridgehead atoms. The molecule has 0 unspecified atom stereocenters. The fourth-order valence-corrected chi connectivity index (χ4v) is 2.04. The molecule has 2 aromatic rings. The summed E-state index contributed by atoms with van der Waals surface area (Å²) in [6, 6.07) is 11.9. The Kier molecular flexibility index (Phi) is 5.54. The minimum atomic E-state index is 0.674. The van der Waals surface area contributed by atoms with Crippen LogP contribution in [0.2, 0.25) is 0 Å². The zero-order valence-electron chi connectivity index (χ0n) is 12.3. The zero-order valence-corrected chi connectivity index (χ0v) is 12.3. The fourth-order valence-electron chi connectivity index (χ4n) is 2.04. The first kappa shape index (κ1) is 14.5. The second-order valence-electron chi connectivity index (χ2n) is 4.95. The zero-order chi connectivity index (χ0) is 14.2. The second kappa shape index (κ2) is 7.63. The maximum absolute atomic E-state index is 5.74. The summed E-state index contributed by atoms with van der Waals surface area (Å²) in [4.78, 5) is 8.96. The first-order valence-electron chi connectivity index (χ1n) is 7.33. The van der Waals surface area contributed by atoms with Gasteiger partial charge in [0.05, 0.1) is 6.61 Å². The van der Waals surface area contributed by atoms with Gasteiger partial charge >= 0.3 is 0 Å². The van der Waals surface area contributed by atoms with E-state index in [0.29, 0.717) is 5.88 Å². The first-order valence-corrected chi connectivity index (χ1v) is 7.33. The second-order valence-corrected chi connectivity index (χ2v) is 4.95. The topological polar surface area (TPSA) is 35.0 Å². The lowest BCUT2D eigenvalue weighted by atomic mass is 10.2. The average Bonchev–Trinajstić information content (AvgIpc) is 2.47. The van der Waals surface area contributed by atoms with E-state index < -0.39 is 0 Å². The molecular formula is C17H22N2O. The summed E-state index contributed by atoms with van der Waals surface area (Å²) in [5, 5.41) is 0. The number of nitrogens with zero attached hydrogens (tertiary/aromatic N) is 2. The van der Waals surface area contributed by atoms with Crippen molar-refractivity contribution in [2.75, 3.05) is 6.61 Å². The third-order valence-electron chi connectivity index (χ3n) is 3.11. The highest BCUT2D eigenvalue weighted by Gasteiger charge is 2.05. The van der Waals surface area contributed by atoms with Gasteiger partial charge in [0, 0.05) is 17.3 Å². The number of unbranched alkanes of at least 4 members (excludes halogenated alkanes) is 3. The molecule has 0 aliphatic heterocycles. The molecule has 0 spiro atoms. The van der Waals surface area contributed by atoms with E-state index in [0.717, 1.165) is 30.1 Å². The van der Waals surface area contributed by atoms with Gasteiger partial charge in [-0.15, -0.1) is 0 Å². The molecule has 2 rings (SSSR count). The average molecular weight is 270 g/mol. The van der Waals surface area contributed by atoms with Gasteiger partial charge in [0.15, 0.2) is 5.82 Å². The number of rotatable bonds is 7. The smallest absolute Gasteiger partial charge is 0.217 e. The molecule has 1 heterocycles. The standard InChI is InChI=1S/C17H22N2O/c1-3-4-5-9-12-20-16-13-14(2)18-17(19-16)15-10-7-6-8-11-15/h6-8,10-11,13H,3-5,9,12H2,1-2H3. The van der Waals surface area contributed by atoms with Crippen molar-refractivity contribution in [3.8, 4) is 17.3 Å². The molecule has 0 saturated heterocycles. The molecule has 1 aromatic carbocycles. The molecule has 3 nitrogen and oxygen atoms in total. The number of hydrogen-bond donors (Lipinski definition) is 0. The summed E-state index contributed by atoms with van der Waals surface area (Å²) < 4.78 is 5.74. The van der Waals surface area contributed by atoms with Gasteiger partial charge in [-0.3, -0.25) is 0 Å². The van der Waals surface area contributed by atoms with E-state index in [2.05, 4.69) is 16.9 Å². The minimum Gasteiger partial charge on any atom is -0.478 e. The van der Waals surface area contributed by atoms with E-state index in [9.17, 15) is 0 Å². The molecule has 0 fully saturated rings. The normalized spacial score (nSPS) is 10.5. The summed E-state index contributed by atoms with van der Waals surface area (Å²) in [7, 11) is 0. The summed E-state index contributed by atoms with van der Waals surface area (Å²) in [5.41, 5.74) is 1.95. The number of benzene rings is 1. The summed E-state index contributed by atoms with van der Waals surface area (Å²) >= 11 is 0. The number of ether oxygens (including phenoxy) is 1. The predicted octanol–water partition coefficient (Wildman–Crippen LogP) is 4.41. The highest BCUT2D eigenvalue weighted by Crippen LogP contribution is 2.18. The fraction of sp³-hybridized carbons (Fsp3) is 0.412. The van der Waals surface area contributed by atoms with Crippen molar-refractivity contribution in [1.29, 1.82) is 0 Å². The predicted molar refractivity (Wildman–Crippen MR) is 81.8 cm³/mol. The molecule has 0 radical (unpaired) electrons. The molecule has 0 N–H and O–H groups in total. The molecule has 20 heavy (non-hydrogen) atoms. The van der Waals surface area contributed by atoms with Crippen LogP contribution in [0.4, 0.5) is 0 Å². The largest absolute Gasteiger partial charge is 0.478 e. The van der Waals surface area contributed by atoms with Crippen LogP contribution in [0.5, 0.6) is 5.88 Å². The van der Waals surface area contributed by atoms with Gasteiger partial charge in [0.25, 0.3) is 0 Å². The van der Waals surface area contributed by atoms with Gasteiger partial charge in [0.1, 0.15) is 0 Å². The van der Waals surface area contributed by atoms with Crippen LogP contribution < -0.4 is 4.74 Å². The number of aryl methyl sites for hydroxylation is 1. The van der Waals surface area contributed by atoms with Crippen molar-refractivity contribution in [3.05, 3.63) is 42.1 Å². The number of hydrogen-bond acceptors (Lipinski definition) is 3. The van der Waals surface area contributed by atoms with Crippen LogP contribution in [-0.4, -0.2) is 16.6 Å². The van der Waals surface area contributed by atoms with E-state index >= 15 is 0 Å². The van der Waals surface area contributed by atoms with Crippen molar-refractivity contribution in [3.63, 3.8) is 0 Å². The monoisotopic (exact) mass is 270 g/mol. The SMILES string of the molecule is CCCCCCOc1cc(C)nc(-c2ccccc2)n1. The lowest BCUT2D eigenvalue weighted by Gasteiger charge is -2.08. The van der Waals surface area contributed by atoms with Crippen LogP contribution in [0.1, 0.15) is 38.3 Å². The Hall–Kier alpha value is -1.90. The molecule has 0 aliphatic carbocycles. The van der Waals surface area contributed by atoms with Crippen molar-refractivity contribution < 1.29 is 4.74 Å². The summed E-state index contributed by atoms with van der Waals surface area (Å²) in [6.45, 7) is 4.91. The Bertz CT molecular complexity index is 526. The lowest BCUT2D eigenvalue weighted by Crippen LogP contribution is -2.02. The van der Waals surface area contributed by atoms with E-state index in [1.165, 1.54) is 19.3 Å². The Morgan fingerprint density at radius 3 is 2.55 bits per heavy atom. The lowest BCUT2D eigenvalue weighted by molar-refractivity contribution is 0.293. The minimum absolute atomic E-state index is 0.674.